The van der Waals surface area contributed by atoms with Crippen molar-refractivity contribution < 1.29 is 14.3 Å². The van der Waals surface area contributed by atoms with Crippen LogP contribution in [0.5, 0.6) is 0 Å². The van der Waals surface area contributed by atoms with E-state index in [0.717, 1.165) is 12.0 Å². The summed E-state index contributed by atoms with van der Waals surface area (Å²) in [7, 11) is 0. The minimum absolute atomic E-state index is 0.218. The maximum atomic E-state index is 13.1. The Morgan fingerprint density at radius 3 is 2.47 bits per heavy atom. The SMILES string of the molecule is CCCC1=C(C(=O)OCC)C(c2ccccc2Cl)C(=CN)C(NC(=O)/C=C/c2ccccc2)=N1. The van der Waals surface area contributed by atoms with Crippen molar-refractivity contribution in [2.75, 3.05) is 6.61 Å². The van der Waals surface area contributed by atoms with E-state index in [-0.39, 0.29) is 18.3 Å². The largest absolute Gasteiger partial charge is 0.463 e. The predicted molar refractivity (Wildman–Crippen MR) is 136 cm³/mol. The molecule has 7 heteroatoms. The van der Waals surface area contributed by atoms with E-state index in [1.165, 1.54) is 12.3 Å². The van der Waals surface area contributed by atoms with Gasteiger partial charge in [-0.3, -0.25) is 4.79 Å². The summed E-state index contributed by atoms with van der Waals surface area (Å²) in [6.45, 7) is 3.96. The number of nitrogens with one attached hydrogen (secondary N) is 1. The number of esters is 1. The molecule has 0 spiro atoms. The van der Waals surface area contributed by atoms with E-state index >= 15 is 0 Å². The lowest BCUT2D eigenvalue weighted by Gasteiger charge is -2.30. The molecule has 0 aromatic heterocycles. The van der Waals surface area contributed by atoms with Gasteiger partial charge in [0, 0.05) is 28.8 Å². The number of amides is 1. The lowest BCUT2D eigenvalue weighted by molar-refractivity contribution is -0.138. The number of amidine groups is 1. The highest BCUT2D eigenvalue weighted by atomic mass is 35.5. The van der Waals surface area contributed by atoms with E-state index in [2.05, 4.69) is 10.3 Å². The van der Waals surface area contributed by atoms with Crippen molar-refractivity contribution in [3.8, 4) is 0 Å². The third kappa shape index (κ3) is 5.83. The van der Waals surface area contributed by atoms with Crippen LogP contribution in [0.4, 0.5) is 0 Å². The fourth-order valence-electron chi connectivity index (χ4n) is 3.79. The molecule has 2 aromatic carbocycles. The van der Waals surface area contributed by atoms with Crippen LogP contribution in [0.3, 0.4) is 0 Å². The quantitative estimate of drug-likeness (QED) is 0.427. The lowest BCUT2D eigenvalue weighted by atomic mass is 9.80. The summed E-state index contributed by atoms with van der Waals surface area (Å²) in [6.07, 6.45) is 5.76. The summed E-state index contributed by atoms with van der Waals surface area (Å²) >= 11 is 6.54. The van der Waals surface area contributed by atoms with Crippen LogP contribution in [-0.2, 0) is 14.3 Å². The molecule has 1 aliphatic heterocycles. The Labute approximate surface area is 204 Å². The van der Waals surface area contributed by atoms with Crippen molar-refractivity contribution in [2.24, 2.45) is 10.7 Å². The number of nitrogens with zero attached hydrogens (tertiary/aromatic N) is 1. The molecular weight excluding hydrogens is 450 g/mol. The summed E-state index contributed by atoms with van der Waals surface area (Å²) in [5, 5.41) is 3.31. The maximum absolute atomic E-state index is 13.1. The zero-order chi connectivity index (χ0) is 24.5. The molecule has 6 nitrogen and oxygen atoms in total. The van der Waals surface area contributed by atoms with Gasteiger partial charge in [-0.05, 0) is 36.6 Å². The van der Waals surface area contributed by atoms with E-state index in [9.17, 15) is 9.59 Å². The Bertz CT molecular complexity index is 1170. The second-order valence-corrected chi connectivity index (χ2v) is 8.01. The van der Waals surface area contributed by atoms with Crippen LogP contribution in [0.25, 0.3) is 6.08 Å². The summed E-state index contributed by atoms with van der Waals surface area (Å²) in [6, 6.07) is 16.7. The highest BCUT2D eigenvalue weighted by Crippen LogP contribution is 2.42. The first-order chi connectivity index (χ1) is 16.5. The number of ether oxygens (including phenoxy) is 1. The number of hydrogen-bond donors (Lipinski definition) is 2. The summed E-state index contributed by atoms with van der Waals surface area (Å²) in [5.74, 6) is -1.19. The molecule has 0 bridgehead atoms. The fraction of sp³-hybridized carbons (Fsp3) is 0.222. The highest BCUT2D eigenvalue weighted by Gasteiger charge is 2.37. The molecule has 0 saturated heterocycles. The molecule has 3 N–H and O–H groups in total. The second-order valence-electron chi connectivity index (χ2n) is 7.60. The van der Waals surface area contributed by atoms with Gasteiger partial charge in [0.05, 0.1) is 17.9 Å². The predicted octanol–water partition coefficient (Wildman–Crippen LogP) is 5.13. The average molecular weight is 478 g/mol. The van der Waals surface area contributed by atoms with Gasteiger partial charge >= 0.3 is 5.97 Å². The molecule has 2 aromatic rings. The molecule has 1 amide bonds. The number of carbonyl (C=O) groups is 2. The first-order valence-corrected chi connectivity index (χ1v) is 11.6. The number of halogens is 1. The number of benzene rings is 2. The molecule has 0 saturated carbocycles. The van der Waals surface area contributed by atoms with E-state index < -0.39 is 11.9 Å². The smallest absolute Gasteiger partial charge is 0.336 e. The molecule has 1 heterocycles. The van der Waals surface area contributed by atoms with Gasteiger partial charge in [-0.25, -0.2) is 9.79 Å². The van der Waals surface area contributed by atoms with E-state index in [1.807, 2.05) is 55.5 Å². The average Bonchev–Trinajstić information content (AvgIpc) is 2.84. The maximum Gasteiger partial charge on any atom is 0.336 e. The Kier molecular flexibility index (Phi) is 8.82. The van der Waals surface area contributed by atoms with Crippen LogP contribution in [0.1, 0.15) is 43.7 Å². The molecule has 1 unspecified atom stereocenters. The van der Waals surface area contributed by atoms with Crippen molar-refractivity contribution in [2.45, 2.75) is 32.6 Å². The number of hydrogen-bond acceptors (Lipinski definition) is 5. The molecule has 1 atom stereocenters. The number of nitrogens with two attached hydrogens (primary N) is 1. The van der Waals surface area contributed by atoms with Crippen molar-refractivity contribution >= 4 is 35.4 Å². The van der Waals surface area contributed by atoms with Gasteiger partial charge in [0.2, 0.25) is 5.91 Å². The number of rotatable bonds is 7. The molecule has 34 heavy (non-hydrogen) atoms. The summed E-state index contributed by atoms with van der Waals surface area (Å²) < 4.78 is 5.37. The standard InChI is InChI=1S/C27H28ClN3O3/c1-3-10-22-25(27(33)34-4-2)24(19-13-8-9-14-21(19)28)20(17-29)26(30-22)31-23(32)16-15-18-11-6-5-7-12-18/h5-9,11-17,24H,3-4,10,29H2,1-2H3,(H,30,31,32)/b16-15+,20-17?. The molecular formula is C27H28ClN3O3. The Hall–Kier alpha value is -3.64. The zero-order valence-electron chi connectivity index (χ0n) is 19.3. The Balaban J connectivity index is 2.07. The summed E-state index contributed by atoms with van der Waals surface area (Å²) in [5.41, 5.74) is 9.00. The minimum Gasteiger partial charge on any atom is -0.463 e. The zero-order valence-corrected chi connectivity index (χ0v) is 20.0. The molecule has 0 radical (unpaired) electrons. The van der Waals surface area contributed by atoms with Gasteiger partial charge in [0.1, 0.15) is 5.84 Å². The van der Waals surface area contributed by atoms with Crippen LogP contribution in [0, 0.1) is 0 Å². The van der Waals surface area contributed by atoms with Crippen molar-refractivity contribution in [1.29, 1.82) is 0 Å². The third-order valence-electron chi connectivity index (χ3n) is 5.28. The van der Waals surface area contributed by atoms with E-state index in [1.54, 1.807) is 19.1 Å². The number of allylic oxidation sites excluding steroid dienone is 1. The number of carbonyl (C=O) groups excluding carboxylic acids is 2. The normalized spacial score (nSPS) is 17.1. The van der Waals surface area contributed by atoms with Gasteiger partial charge in [-0.15, -0.1) is 0 Å². The molecule has 1 aliphatic rings. The first kappa shape index (κ1) is 25.0. The summed E-state index contributed by atoms with van der Waals surface area (Å²) in [4.78, 5) is 30.5. The van der Waals surface area contributed by atoms with Crippen LogP contribution in [0.15, 0.2) is 88.7 Å². The van der Waals surface area contributed by atoms with Crippen LogP contribution in [-0.4, -0.2) is 24.3 Å². The van der Waals surface area contributed by atoms with E-state index in [0.29, 0.717) is 33.9 Å². The first-order valence-electron chi connectivity index (χ1n) is 11.2. The molecule has 0 aliphatic carbocycles. The minimum atomic E-state index is -0.634. The van der Waals surface area contributed by atoms with Crippen molar-refractivity contribution in [3.05, 3.63) is 99.9 Å². The molecule has 3 rings (SSSR count). The van der Waals surface area contributed by atoms with Gasteiger partial charge in [0.25, 0.3) is 0 Å². The van der Waals surface area contributed by atoms with Crippen molar-refractivity contribution in [1.82, 2.24) is 5.32 Å². The molecule has 176 valence electrons. The third-order valence-corrected chi connectivity index (χ3v) is 5.62. The van der Waals surface area contributed by atoms with Gasteiger partial charge < -0.3 is 15.8 Å². The van der Waals surface area contributed by atoms with Gasteiger partial charge in [0.15, 0.2) is 0 Å². The Morgan fingerprint density at radius 2 is 1.82 bits per heavy atom. The molecule has 0 fully saturated rings. The fourth-order valence-corrected chi connectivity index (χ4v) is 4.04. The van der Waals surface area contributed by atoms with Gasteiger partial charge in [-0.1, -0.05) is 73.5 Å². The van der Waals surface area contributed by atoms with E-state index in [4.69, 9.17) is 22.1 Å². The van der Waals surface area contributed by atoms with Crippen LogP contribution < -0.4 is 11.1 Å². The second kappa shape index (κ2) is 12.0. The monoisotopic (exact) mass is 477 g/mol. The van der Waals surface area contributed by atoms with Crippen LogP contribution in [0.2, 0.25) is 5.02 Å². The highest BCUT2D eigenvalue weighted by molar-refractivity contribution is 6.31. The van der Waals surface area contributed by atoms with Crippen LogP contribution >= 0.6 is 11.6 Å². The number of aliphatic imine (C=N–C) groups is 1. The van der Waals surface area contributed by atoms with Gasteiger partial charge in [-0.2, -0.15) is 0 Å². The topological polar surface area (TPSA) is 93.8 Å². The van der Waals surface area contributed by atoms with Crippen molar-refractivity contribution in [3.63, 3.8) is 0 Å². The lowest BCUT2D eigenvalue weighted by Crippen LogP contribution is -2.37. The Morgan fingerprint density at radius 1 is 1.12 bits per heavy atom.